The molecule has 0 unspecified atom stereocenters. The van der Waals surface area contributed by atoms with Gasteiger partial charge in [0.1, 0.15) is 0 Å². The lowest BCUT2D eigenvalue weighted by molar-refractivity contribution is -0.155. The third-order valence-corrected chi connectivity index (χ3v) is 3.54. The molecule has 0 saturated carbocycles. The third kappa shape index (κ3) is 2.84. The number of carbonyl (C=O) groups excluding carboxylic acids is 3. The molecule has 1 heterocycles. The zero-order valence-corrected chi connectivity index (χ0v) is 11.8. The monoisotopic (exact) mass is 325 g/mol. The molecule has 2 rings (SSSR count). The van der Waals surface area contributed by atoms with Gasteiger partial charge in [-0.2, -0.15) is 0 Å². The number of ether oxygens (including phenoxy) is 1. The van der Waals surface area contributed by atoms with Crippen LogP contribution in [0.4, 0.5) is 0 Å². The first-order chi connectivity index (χ1) is 9.02. The van der Waals surface area contributed by atoms with Crippen LogP contribution in [0.3, 0.4) is 0 Å². The van der Waals surface area contributed by atoms with E-state index in [-0.39, 0.29) is 6.42 Å². The predicted molar refractivity (Wildman–Crippen MR) is 70.2 cm³/mol. The number of rotatable bonds is 2. The zero-order chi connectivity index (χ0) is 14.0. The lowest BCUT2D eigenvalue weighted by Gasteiger charge is -2.27. The molecule has 0 aliphatic carbocycles. The minimum atomic E-state index is -1.34. The van der Waals surface area contributed by atoms with Crippen molar-refractivity contribution in [2.24, 2.45) is 5.92 Å². The molecule has 19 heavy (non-hydrogen) atoms. The topological polar surface area (TPSA) is 72.5 Å². The highest BCUT2D eigenvalue weighted by molar-refractivity contribution is 9.10. The number of esters is 1. The molecule has 1 aliphatic heterocycles. The Bertz CT molecular complexity index is 508. The molecule has 1 aliphatic rings. The number of methoxy groups -OCH3 is 1. The van der Waals surface area contributed by atoms with Gasteiger partial charge in [-0.25, -0.2) is 0 Å². The van der Waals surface area contributed by atoms with Crippen molar-refractivity contribution in [1.29, 1.82) is 0 Å². The summed E-state index contributed by atoms with van der Waals surface area (Å²) >= 11 is 3.32. The van der Waals surface area contributed by atoms with Crippen molar-refractivity contribution in [1.82, 2.24) is 5.32 Å². The second-order valence-corrected chi connectivity index (χ2v) is 5.16. The molecule has 1 amide bonds. The molecule has 0 bridgehead atoms. The summed E-state index contributed by atoms with van der Waals surface area (Å²) in [5.41, 5.74) is 0.827. The number of nitrogens with one attached hydrogen (secondary N) is 1. The molecule has 0 aromatic heterocycles. The average Bonchev–Trinajstić information content (AvgIpc) is 2.38. The van der Waals surface area contributed by atoms with Crippen molar-refractivity contribution in [3.63, 3.8) is 0 Å². The number of piperidine rings is 1. The number of halogens is 1. The number of hydrogen-bond donors (Lipinski definition) is 1. The number of amides is 1. The minimum absolute atomic E-state index is 0.0904. The summed E-state index contributed by atoms with van der Waals surface area (Å²) in [6.07, 6.45) is 0.0904. The van der Waals surface area contributed by atoms with Gasteiger partial charge in [0.25, 0.3) is 0 Å². The Kier molecular flexibility index (Phi) is 3.99. The van der Waals surface area contributed by atoms with Crippen LogP contribution in [0, 0.1) is 5.92 Å². The maximum Gasteiger partial charge on any atom is 0.325 e. The van der Waals surface area contributed by atoms with Crippen molar-refractivity contribution >= 4 is 33.6 Å². The predicted octanol–water partition coefficient (Wildman–Crippen LogP) is 1.37. The largest absolute Gasteiger partial charge is 0.468 e. The third-order valence-electron chi connectivity index (χ3n) is 3.02. The molecule has 0 radical (unpaired) electrons. The molecule has 100 valence electrons. The van der Waals surface area contributed by atoms with Crippen LogP contribution in [-0.4, -0.2) is 24.8 Å². The lowest BCUT2D eigenvalue weighted by Crippen LogP contribution is -2.48. The Labute approximate surface area is 118 Å². The van der Waals surface area contributed by atoms with Crippen molar-refractivity contribution in [2.75, 3.05) is 7.11 Å². The highest BCUT2D eigenvalue weighted by Gasteiger charge is 2.41. The Morgan fingerprint density at radius 2 is 1.95 bits per heavy atom. The molecule has 1 fully saturated rings. The maximum absolute atomic E-state index is 11.9. The van der Waals surface area contributed by atoms with Gasteiger partial charge in [0.2, 0.25) is 5.91 Å². The molecule has 6 heteroatoms. The van der Waals surface area contributed by atoms with Crippen LogP contribution in [0.2, 0.25) is 0 Å². The highest BCUT2D eigenvalue weighted by Crippen LogP contribution is 2.25. The van der Waals surface area contributed by atoms with E-state index in [2.05, 4.69) is 26.0 Å². The number of carbonyl (C=O) groups is 3. The van der Waals surface area contributed by atoms with Crippen molar-refractivity contribution in [3.05, 3.63) is 34.3 Å². The number of benzene rings is 1. The maximum atomic E-state index is 11.9. The summed E-state index contributed by atoms with van der Waals surface area (Å²) in [6.45, 7) is 0. The molecule has 1 N–H and O–H groups in total. The van der Waals surface area contributed by atoms with Crippen molar-refractivity contribution < 1.29 is 19.1 Å². The fourth-order valence-electron chi connectivity index (χ4n) is 2.02. The van der Waals surface area contributed by atoms with Gasteiger partial charge in [0, 0.05) is 10.9 Å². The molecule has 5 nitrogen and oxygen atoms in total. The van der Waals surface area contributed by atoms with Crippen LogP contribution in [0.25, 0.3) is 0 Å². The molecule has 1 saturated heterocycles. The van der Waals surface area contributed by atoms with Crippen LogP contribution >= 0.6 is 15.9 Å². The van der Waals surface area contributed by atoms with E-state index in [0.29, 0.717) is 0 Å². The molecule has 2 atom stereocenters. The van der Waals surface area contributed by atoms with Crippen LogP contribution < -0.4 is 5.32 Å². The molecular formula is C13H12BrNO4. The van der Waals surface area contributed by atoms with E-state index in [1.807, 2.05) is 24.3 Å². The molecule has 1 aromatic rings. The number of hydrogen-bond acceptors (Lipinski definition) is 4. The average molecular weight is 326 g/mol. The van der Waals surface area contributed by atoms with E-state index in [1.165, 1.54) is 0 Å². The summed E-state index contributed by atoms with van der Waals surface area (Å²) in [5, 5.41) is 2.67. The Morgan fingerprint density at radius 1 is 1.32 bits per heavy atom. The van der Waals surface area contributed by atoms with Crippen molar-refractivity contribution in [2.45, 2.75) is 12.5 Å². The van der Waals surface area contributed by atoms with Gasteiger partial charge in [0.05, 0.1) is 13.2 Å². The molecule has 0 spiro atoms. The number of ketones is 1. The van der Waals surface area contributed by atoms with E-state index >= 15 is 0 Å². The summed E-state index contributed by atoms with van der Waals surface area (Å²) < 4.78 is 5.37. The van der Waals surface area contributed by atoms with E-state index in [1.54, 1.807) is 0 Å². The molecule has 1 aromatic carbocycles. The van der Waals surface area contributed by atoms with E-state index in [0.717, 1.165) is 17.1 Å². The van der Waals surface area contributed by atoms with Gasteiger partial charge in [-0.15, -0.1) is 0 Å². The fourth-order valence-corrected chi connectivity index (χ4v) is 2.29. The standard InChI is InChI=1S/C13H12BrNO4/c1-19-13(18)11-10(16)6-9(15-12(11)17)7-2-4-8(14)5-3-7/h2-5,9,11H,6H2,1H3,(H,15,17)/t9-,11-/m1/s1. The quantitative estimate of drug-likeness (QED) is 0.658. The second-order valence-electron chi connectivity index (χ2n) is 4.24. The second kappa shape index (κ2) is 5.52. The van der Waals surface area contributed by atoms with Crippen LogP contribution in [0.1, 0.15) is 18.0 Å². The van der Waals surface area contributed by atoms with Crippen LogP contribution in [0.5, 0.6) is 0 Å². The van der Waals surface area contributed by atoms with Gasteiger partial charge in [0.15, 0.2) is 11.7 Å². The first kappa shape index (κ1) is 13.7. The van der Waals surface area contributed by atoms with Gasteiger partial charge < -0.3 is 10.1 Å². The Hall–Kier alpha value is -1.69. The normalized spacial score (nSPS) is 22.8. The van der Waals surface area contributed by atoms with E-state index in [4.69, 9.17) is 0 Å². The Morgan fingerprint density at radius 3 is 2.47 bits per heavy atom. The van der Waals surface area contributed by atoms with Crippen LogP contribution in [-0.2, 0) is 19.1 Å². The zero-order valence-electron chi connectivity index (χ0n) is 10.2. The summed E-state index contributed by atoms with van der Waals surface area (Å²) in [5.74, 6) is -3.16. The van der Waals surface area contributed by atoms with Gasteiger partial charge in [-0.1, -0.05) is 28.1 Å². The summed E-state index contributed by atoms with van der Waals surface area (Å²) in [7, 11) is 1.16. The first-order valence-electron chi connectivity index (χ1n) is 5.69. The minimum Gasteiger partial charge on any atom is -0.468 e. The number of Topliss-reactive ketones (excluding diaryl/α,β-unsaturated/α-hetero) is 1. The van der Waals surface area contributed by atoms with Crippen LogP contribution in [0.15, 0.2) is 28.7 Å². The van der Waals surface area contributed by atoms with Gasteiger partial charge in [-0.3, -0.25) is 14.4 Å². The van der Waals surface area contributed by atoms with Gasteiger partial charge in [-0.05, 0) is 17.7 Å². The first-order valence-corrected chi connectivity index (χ1v) is 6.48. The molecular weight excluding hydrogens is 314 g/mol. The van der Waals surface area contributed by atoms with E-state index < -0.39 is 29.6 Å². The highest BCUT2D eigenvalue weighted by atomic mass is 79.9. The van der Waals surface area contributed by atoms with Gasteiger partial charge >= 0.3 is 5.97 Å². The summed E-state index contributed by atoms with van der Waals surface area (Å²) in [4.78, 5) is 35.1. The smallest absolute Gasteiger partial charge is 0.325 e. The SMILES string of the molecule is COC(=O)[C@@H]1C(=O)C[C@H](c2ccc(Br)cc2)NC1=O. The van der Waals surface area contributed by atoms with E-state index in [9.17, 15) is 14.4 Å². The summed E-state index contributed by atoms with van der Waals surface area (Å²) in [6, 6.07) is 6.91. The Balaban J connectivity index is 2.18. The van der Waals surface area contributed by atoms with Crippen molar-refractivity contribution in [3.8, 4) is 0 Å². The fraction of sp³-hybridized carbons (Fsp3) is 0.308. The lowest BCUT2D eigenvalue weighted by atomic mass is 9.89.